The van der Waals surface area contributed by atoms with Gasteiger partial charge in [-0.25, -0.2) is 0 Å². The SMILES string of the molecule is Cc1c(C#N)c(NC(=O)CN2Cc3ccccc3C[C@@H]2C(N)=O)n(Cc2ccco2)c1C. The van der Waals surface area contributed by atoms with Crippen molar-refractivity contribution in [3.8, 4) is 6.07 Å². The summed E-state index contributed by atoms with van der Waals surface area (Å²) < 4.78 is 7.32. The van der Waals surface area contributed by atoms with E-state index in [-0.39, 0.29) is 12.5 Å². The van der Waals surface area contributed by atoms with E-state index in [0.717, 1.165) is 22.4 Å². The van der Waals surface area contributed by atoms with Gasteiger partial charge in [-0.15, -0.1) is 0 Å². The zero-order chi connectivity index (χ0) is 22.8. The molecule has 8 nitrogen and oxygen atoms in total. The maximum atomic E-state index is 13.1. The quantitative estimate of drug-likeness (QED) is 0.622. The molecule has 1 aliphatic heterocycles. The van der Waals surface area contributed by atoms with Crippen LogP contribution in [0.2, 0.25) is 0 Å². The third kappa shape index (κ3) is 4.03. The Hall–Kier alpha value is -3.83. The number of furan rings is 1. The Morgan fingerprint density at radius 1 is 1.22 bits per heavy atom. The van der Waals surface area contributed by atoms with Crippen LogP contribution in [0, 0.1) is 25.2 Å². The lowest BCUT2D eigenvalue weighted by molar-refractivity contribution is -0.125. The Bertz CT molecular complexity index is 1200. The molecule has 0 unspecified atom stereocenters. The van der Waals surface area contributed by atoms with Crippen molar-refractivity contribution in [1.29, 1.82) is 5.26 Å². The number of rotatable bonds is 6. The fourth-order valence-electron chi connectivity index (χ4n) is 4.27. The number of nitrogens with one attached hydrogen (secondary N) is 1. The van der Waals surface area contributed by atoms with Crippen molar-refractivity contribution in [3.63, 3.8) is 0 Å². The smallest absolute Gasteiger partial charge is 0.239 e. The van der Waals surface area contributed by atoms with Crippen LogP contribution in [0.15, 0.2) is 47.1 Å². The molecule has 3 heterocycles. The molecule has 8 heteroatoms. The molecule has 3 N–H and O–H groups in total. The summed E-state index contributed by atoms with van der Waals surface area (Å²) in [7, 11) is 0. The molecule has 2 amide bonds. The summed E-state index contributed by atoms with van der Waals surface area (Å²) in [5, 5.41) is 12.6. The van der Waals surface area contributed by atoms with Gasteiger partial charge in [-0.05, 0) is 49.1 Å². The van der Waals surface area contributed by atoms with E-state index in [4.69, 9.17) is 10.2 Å². The van der Waals surface area contributed by atoms with Crippen molar-refractivity contribution in [3.05, 3.63) is 76.4 Å². The van der Waals surface area contributed by atoms with Crippen LogP contribution in [0.5, 0.6) is 0 Å². The molecule has 0 spiro atoms. The van der Waals surface area contributed by atoms with E-state index >= 15 is 0 Å². The third-order valence-electron chi connectivity index (χ3n) is 6.11. The Labute approximate surface area is 186 Å². The number of carbonyl (C=O) groups excluding carboxylic acids is 2. The Morgan fingerprint density at radius 2 is 1.97 bits per heavy atom. The number of hydrogen-bond acceptors (Lipinski definition) is 5. The second-order valence-electron chi connectivity index (χ2n) is 8.06. The van der Waals surface area contributed by atoms with Gasteiger partial charge in [0.25, 0.3) is 0 Å². The lowest BCUT2D eigenvalue weighted by Gasteiger charge is -2.34. The van der Waals surface area contributed by atoms with Gasteiger partial charge < -0.3 is 20.0 Å². The Morgan fingerprint density at radius 3 is 2.62 bits per heavy atom. The fourth-order valence-corrected chi connectivity index (χ4v) is 4.27. The number of fused-ring (bicyclic) bond motifs is 1. The number of primary amides is 1. The highest BCUT2D eigenvalue weighted by molar-refractivity contribution is 5.94. The number of anilines is 1. The predicted molar refractivity (Wildman–Crippen MR) is 119 cm³/mol. The van der Waals surface area contributed by atoms with Gasteiger partial charge in [-0.1, -0.05) is 24.3 Å². The summed E-state index contributed by atoms with van der Waals surface area (Å²) in [5.41, 5.74) is 9.87. The molecule has 0 saturated heterocycles. The van der Waals surface area contributed by atoms with Gasteiger partial charge in [-0.2, -0.15) is 5.26 Å². The summed E-state index contributed by atoms with van der Waals surface area (Å²) in [5.74, 6) is 0.365. The molecule has 0 aliphatic carbocycles. The third-order valence-corrected chi connectivity index (χ3v) is 6.11. The van der Waals surface area contributed by atoms with Gasteiger partial charge in [-0.3, -0.25) is 14.5 Å². The van der Waals surface area contributed by atoms with Gasteiger partial charge in [0.2, 0.25) is 11.8 Å². The maximum absolute atomic E-state index is 13.1. The first kappa shape index (κ1) is 21.4. The maximum Gasteiger partial charge on any atom is 0.239 e. The minimum absolute atomic E-state index is 0.0170. The van der Waals surface area contributed by atoms with Crippen LogP contribution >= 0.6 is 0 Å². The average Bonchev–Trinajstić information content (AvgIpc) is 3.36. The molecule has 4 rings (SSSR count). The second kappa shape index (κ2) is 8.73. The summed E-state index contributed by atoms with van der Waals surface area (Å²) in [4.78, 5) is 26.9. The van der Waals surface area contributed by atoms with Crippen molar-refractivity contribution in [2.45, 2.75) is 39.4 Å². The van der Waals surface area contributed by atoms with E-state index in [1.807, 2.05) is 48.7 Å². The van der Waals surface area contributed by atoms with Crippen LogP contribution in [-0.4, -0.2) is 33.9 Å². The van der Waals surface area contributed by atoms with E-state index < -0.39 is 11.9 Å². The van der Waals surface area contributed by atoms with Gasteiger partial charge >= 0.3 is 0 Å². The van der Waals surface area contributed by atoms with Crippen molar-refractivity contribution in [2.75, 3.05) is 11.9 Å². The number of hydrogen-bond donors (Lipinski definition) is 2. The van der Waals surface area contributed by atoms with Crippen molar-refractivity contribution in [2.24, 2.45) is 5.73 Å². The highest BCUT2D eigenvalue weighted by Crippen LogP contribution is 2.28. The van der Waals surface area contributed by atoms with Crippen molar-refractivity contribution < 1.29 is 14.0 Å². The predicted octanol–water partition coefficient (Wildman–Crippen LogP) is 2.47. The van der Waals surface area contributed by atoms with Crippen molar-refractivity contribution >= 4 is 17.6 Å². The monoisotopic (exact) mass is 431 g/mol. The first-order valence-corrected chi connectivity index (χ1v) is 10.4. The second-order valence-corrected chi connectivity index (χ2v) is 8.06. The van der Waals surface area contributed by atoms with Crippen molar-refractivity contribution in [1.82, 2.24) is 9.47 Å². The van der Waals surface area contributed by atoms with Crippen LogP contribution in [0.3, 0.4) is 0 Å². The van der Waals surface area contributed by atoms with E-state index in [9.17, 15) is 14.9 Å². The number of aromatic nitrogens is 1. The molecule has 1 aromatic carbocycles. The number of nitrogens with zero attached hydrogens (tertiary/aromatic N) is 3. The largest absolute Gasteiger partial charge is 0.467 e. The number of amides is 2. The minimum Gasteiger partial charge on any atom is -0.467 e. The number of benzene rings is 1. The molecular formula is C24H25N5O3. The minimum atomic E-state index is -0.565. The molecule has 0 radical (unpaired) electrons. The lowest BCUT2D eigenvalue weighted by Crippen LogP contribution is -2.51. The van der Waals surface area contributed by atoms with Gasteiger partial charge in [0.15, 0.2) is 0 Å². The number of nitrogens with two attached hydrogens (primary N) is 1. The average molecular weight is 431 g/mol. The molecule has 3 aromatic rings. The van der Waals surface area contributed by atoms with Crippen LogP contribution in [0.4, 0.5) is 5.82 Å². The molecule has 0 fully saturated rings. The van der Waals surface area contributed by atoms with Gasteiger partial charge in [0.05, 0.1) is 31.0 Å². The lowest BCUT2D eigenvalue weighted by atomic mass is 9.93. The molecule has 32 heavy (non-hydrogen) atoms. The normalized spacial score (nSPS) is 15.7. The Balaban J connectivity index is 1.58. The van der Waals surface area contributed by atoms with Crippen LogP contribution in [0.25, 0.3) is 0 Å². The highest BCUT2D eigenvalue weighted by atomic mass is 16.3. The topological polar surface area (TPSA) is 117 Å². The highest BCUT2D eigenvalue weighted by Gasteiger charge is 2.31. The fraction of sp³-hybridized carbons (Fsp3) is 0.292. The summed E-state index contributed by atoms with van der Waals surface area (Å²) >= 11 is 0. The molecular weight excluding hydrogens is 406 g/mol. The zero-order valence-electron chi connectivity index (χ0n) is 18.1. The zero-order valence-corrected chi connectivity index (χ0v) is 18.1. The van der Waals surface area contributed by atoms with E-state index in [0.29, 0.717) is 36.7 Å². The molecule has 1 aliphatic rings. The number of nitriles is 1. The van der Waals surface area contributed by atoms with E-state index in [1.54, 1.807) is 17.2 Å². The summed E-state index contributed by atoms with van der Waals surface area (Å²) in [6.07, 6.45) is 2.05. The molecule has 164 valence electrons. The van der Waals surface area contributed by atoms with Crippen LogP contribution in [-0.2, 0) is 29.1 Å². The molecule has 0 saturated carbocycles. The van der Waals surface area contributed by atoms with Gasteiger partial charge in [0.1, 0.15) is 17.6 Å². The molecule has 0 bridgehead atoms. The molecule has 1 atom stereocenters. The number of carbonyl (C=O) groups is 2. The van der Waals surface area contributed by atoms with Crippen LogP contribution in [0.1, 0.15) is 33.7 Å². The summed E-state index contributed by atoms with van der Waals surface area (Å²) in [6.45, 7) is 4.58. The Kier molecular flexibility index (Phi) is 5.84. The van der Waals surface area contributed by atoms with E-state index in [2.05, 4.69) is 11.4 Å². The first-order valence-electron chi connectivity index (χ1n) is 10.4. The van der Waals surface area contributed by atoms with Crippen LogP contribution < -0.4 is 11.1 Å². The standard InChI is InChI=1S/C24H25N5O3/c1-15-16(2)29(13-19-8-5-9-32-19)24(20(15)11-25)27-22(30)14-28-12-18-7-4-3-6-17(18)10-21(28)23(26)31/h3-9,21H,10,12-14H2,1-2H3,(H2,26,31)(H,27,30)/t21-/m1/s1. The first-order chi connectivity index (χ1) is 15.4. The summed E-state index contributed by atoms with van der Waals surface area (Å²) in [6, 6.07) is 13.1. The van der Waals surface area contributed by atoms with E-state index in [1.165, 1.54) is 0 Å². The molecule has 2 aromatic heterocycles. The van der Waals surface area contributed by atoms with Gasteiger partial charge in [0, 0.05) is 12.2 Å².